The molecule has 3 amide bonds. The summed E-state index contributed by atoms with van der Waals surface area (Å²) in [6, 6.07) is -0.601. The van der Waals surface area contributed by atoms with Crippen LogP contribution in [0.15, 0.2) is 24.8 Å². The summed E-state index contributed by atoms with van der Waals surface area (Å²) < 4.78 is 10.2. The lowest BCUT2D eigenvalue weighted by Crippen LogP contribution is -2.54. The fraction of sp³-hybridized carbons (Fsp3) is 0.571. The van der Waals surface area contributed by atoms with Crippen LogP contribution in [0.4, 0.5) is 0 Å². The number of nitrogens with two attached hydrogens (primary N) is 1. The van der Waals surface area contributed by atoms with Gasteiger partial charge in [0.1, 0.15) is 11.8 Å². The monoisotopic (exact) mass is 711 g/mol. The van der Waals surface area contributed by atoms with Gasteiger partial charge in [-0.15, -0.1) is 11.8 Å². The average Bonchev–Trinajstić information content (AvgIpc) is 3.80. The van der Waals surface area contributed by atoms with Gasteiger partial charge < -0.3 is 45.8 Å². The maximum atomic E-state index is 13.8. The molecule has 3 aromatic rings. The number of carbonyl (C=O) groups is 4. The van der Waals surface area contributed by atoms with Crippen LogP contribution in [0.2, 0.25) is 0 Å². The van der Waals surface area contributed by atoms with E-state index in [0.29, 0.717) is 55.1 Å². The standard InChI is InChI=1S/C35H49N7O7S/c1-3-23(18-50-19-29(44)48-2)40-34(46)27(14-24-17-37-20-39-24)41-33(45)26(36)13-22-16-38-32-25(22)15-28(43)31(30(32)21-7-5-4-6-8-21)35(47)42-9-11-49-12-10-42/h15-17,20-21,23,26-27,38,43H,3-14,18-19,36H2,1-2H3,(H,37,39)(H,40,46)(H,41,45)/t23-,26?,27?/m0/s1. The number of morpholine rings is 1. The van der Waals surface area contributed by atoms with Gasteiger partial charge in [0, 0.05) is 49.1 Å². The van der Waals surface area contributed by atoms with Crippen LogP contribution >= 0.6 is 11.8 Å². The van der Waals surface area contributed by atoms with Gasteiger partial charge in [-0.25, -0.2) is 4.98 Å². The van der Waals surface area contributed by atoms with E-state index >= 15 is 0 Å². The Kier molecular flexibility index (Phi) is 13.2. The lowest BCUT2D eigenvalue weighted by Gasteiger charge is -2.30. The molecule has 3 atom stereocenters. The van der Waals surface area contributed by atoms with Gasteiger partial charge >= 0.3 is 5.97 Å². The predicted octanol–water partition coefficient (Wildman–Crippen LogP) is 2.52. The molecule has 1 saturated carbocycles. The predicted molar refractivity (Wildman–Crippen MR) is 190 cm³/mol. The molecule has 0 spiro atoms. The van der Waals surface area contributed by atoms with Crippen molar-refractivity contribution in [3.63, 3.8) is 0 Å². The number of ether oxygens (including phenoxy) is 2. The highest BCUT2D eigenvalue weighted by molar-refractivity contribution is 7.99. The maximum absolute atomic E-state index is 13.8. The van der Waals surface area contributed by atoms with Crippen LogP contribution in [0.25, 0.3) is 10.9 Å². The Morgan fingerprint density at radius 2 is 1.88 bits per heavy atom. The Balaban J connectivity index is 1.34. The molecule has 14 nitrogen and oxygen atoms in total. The lowest BCUT2D eigenvalue weighted by atomic mass is 9.80. The van der Waals surface area contributed by atoms with E-state index in [0.717, 1.165) is 48.7 Å². The first kappa shape index (κ1) is 37.2. The Hall–Kier alpha value is -4.08. The molecular weight excluding hydrogens is 662 g/mol. The van der Waals surface area contributed by atoms with Gasteiger partial charge in [0.15, 0.2) is 0 Å². The number of thioether (sulfide) groups is 1. The summed E-state index contributed by atoms with van der Waals surface area (Å²) in [4.78, 5) is 64.6. The number of hydrogen-bond acceptors (Lipinski definition) is 10. The number of carbonyl (C=O) groups excluding carboxylic acids is 4. The Morgan fingerprint density at radius 1 is 1.12 bits per heavy atom. The van der Waals surface area contributed by atoms with Crippen LogP contribution < -0.4 is 16.4 Å². The number of benzene rings is 1. The van der Waals surface area contributed by atoms with E-state index in [1.165, 1.54) is 25.2 Å². The van der Waals surface area contributed by atoms with Crippen LogP contribution in [0.5, 0.6) is 5.75 Å². The highest BCUT2D eigenvalue weighted by Crippen LogP contribution is 2.42. The van der Waals surface area contributed by atoms with Gasteiger partial charge in [0.05, 0.1) is 55.2 Å². The van der Waals surface area contributed by atoms with Crippen molar-refractivity contribution in [2.75, 3.05) is 44.9 Å². The van der Waals surface area contributed by atoms with Crippen molar-refractivity contribution in [1.29, 1.82) is 0 Å². The topological polar surface area (TPSA) is 205 Å². The number of fused-ring (bicyclic) bond motifs is 1. The minimum Gasteiger partial charge on any atom is -0.507 e. The minimum absolute atomic E-state index is 0.0839. The summed E-state index contributed by atoms with van der Waals surface area (Å²) in [6.07, 6.45) is 10.9. The number of nitrogens with zero attached hydrogens (tertiary/aromatic N) is 2. The van der Waals surface area contributed by atoms with Gasteiger partial charge in [0.25, 0.3) is 5.91 Å². The Morgan fingerprint density at radius 3 is 2.56 bits per heavy atom. The molecule has 2 aliphatic rings. The highest BCUT2D eigenvalue weighted by atomic mass is 32.2. The number of aromatic amines is 2. The van der Waals surface area contributed by atoms with Crippen LogP contribution in [0, 0.1) is 0 Å². The van der Waals surface area contributed by atoms with Crippen molar-refractivity contribution in [3.05, 3.63) is 47.2 Å². The second kappa shape index (κ2) is 17.7. The number of H-pyrrole nitrogens is 2. The summed E-state index contributed by atoms with van der Waals surface area (Å²) >= 11 is 1.36. The molecule has 0 bridgehead atoms. The number of aromatic nitrogens is 3. The van der Waals surface area contributed by atoms with Crippen LogP contribution in [-0.2, 0) is 36.7 Å². The number of rotatable bonds is 15. The van der Waals surface area contributed by atoms with E-state index in [2.05, 4.69) is 25.6 Å². The number of methoxy groups -OCH3 is 1. The number of phenolic OH excluding ortho intramolecular Hbond substituents is 1. The van der Waals surface area contributed by atoms with E-state index in [-0.39, 0.29) is 54.1 Å². The van der Waals surface area contributed by atoms with Gasteiger partial charge in [-0.3, -0.25) is 19.2 Å². The summed E-state index contributed by atoms with van der Waals surface area (Å²) in [5, 5.41) is 18.0. The molecule has 50 heavy (non-hydrogen) atoms. The van der Waals surface area contributed by atoms with Crippen molar-refractivity contribution in [1.82, 2.24) is 30.5 Å². The van der Waals surface area contributed by atoms with Gasteiger partial charge in [-0.05, 0) is 48.8 Å². The summed E-state index contributed by atoms with van der Waals surface area (Å²) in [7, 11) is 1.33. The highest BCUT2D eigenvalue weighted by Gasteiger charge is 2.32. The molecule has 1 aromatic carbocycles. The zero-order chi connectivity index (χ0) is 35.6. The smallest absolute Gasteiger partial charge is 0.315 e. The molecule has 5 rings (SSSR count). The number of imidazole rings is 1. The molecule has 3 heterocycles. The summed E-state index contributed by atoms with van der Waals surface area (Å²) in [6.45, 7) is 3.78. The molecule has 1 saturated heterocycles. The largest absolute Gasteiger partial charge is 0.507 e. The number of amides is 3. The van der Waals surface area contributed by atoms with Crippen molar-refractivity contribution < 1.29 is 33.8 Å². The van der Waals surface area contributed by atoms with Gasteiger partial charge in [0.2, 0.25) is 11.8 Å². The van der Waals surface area contributed by atoms with Gasteiger partial charge in [-0.2, -0.15) is 0 Å². The molecule has 7 N–H and O–H groups in total. The molecule has 272 valence electrons. The number of hydrogen-bond donors (Lipinski definition) is 6. The molecule has 0 radical (unpaired) electrons. The summed E-state index contributed by atoms with van der Waals surface area (Å²) in [5.74, 6) is -0.751. The van der Waals surface area contributed by atoms with Crippen LogP contribution in [-0.4, -0.2) is 112 Å². The molecule has 1 aliphatic heterocycles. The third-order valence-corrected chi connectivity index (χ3v) is 10.7. The number of nitrogens with one attached hydrogen (secondary N) is 4. The molecule has 15 heteroatoms. The Bertz CT molecular complexity index is 1620. The SMILES string of the molecule is CC[C@@H](CSCC(=O)OC)NC(=O)C(Cc1c[nH]cn1)NC(=O)C(N)Cc1c[nH]c2c(C3CCCCC3)c(C(=O)N3CCOCC3)c(O)cc12. The van der Waals surface area contributed by atoms with Crippen molar-refractivity contribution in [2.45, 2.75) is 82.3 Å². The Labute approximate surface area is 296 Å². The first-order chi connectivity index (χ1) is 24.2. The van der Waals surface area contributed by atoms with E-state index in [9.17, 15) is 24.3 Å². The maximum Gasteiger partial charge on any atom is 0.315 e. The minimum atomic E-state index is -1.02. The van der Waals surface area contributed by atoms with Gasteiger partial charge in [-0.1, -0.05) is 26.2 Å². The third kappa shape index (κ3) is 9.17. The molecule has 2 aromatic heterocycles. The zero-order valence-electron chi connectivity index (χ0n) is 28.8. The third-order valence-electron chi connectivity index (χ3n) is 9.59. The number of aromatic hydroxyl groups is 1. The van der Waals surface area contributed by atoms with Crippen molar-refractivity contribution in [2.24, 2.45) is 5.73 Å². The van der Waals surface area contributed by atoms with Crippen LogP contribution in [0.3, 0.4) is 0 Å². The molecule has 2 unspecified atom stereocenters. The van der Waals surface area contributed by atoms with E-state index in [1.54, 1.807) is 23.4 Å². The fourth-order valence-electron chi connectivity index (χ4n) is 6.79. The first-order valence-electron chi connectivity index (χ1n) is 17.4. The quantitative estimate of drug-likeness (QED) is 0.127. The van der Waals surface area contributed by atoms with Crippen molar-refractivity contribution >= 4 is 46.4 Å². The summed E-state index contributed by atoms with van der Waals surface area (Å²) in [5.41, 5.74) is 9.75. The first-order valence-corrected chi connectivity index (χ1v) is 18.6. The number of esters is 1. The fourth-order valence-corrected chi connectivity index (χ4v) is 7.79. The number of phenols is 1. The lowest BCUT2D eigenvalue weighted by molar-refractivity contribution is -0.137. The van der Waals surface area contributed by atoms with Crippen molar-refractivity contribution in [3.8, 4) is 5.75 Å². The van der Waals surface area contributed by atoms with E-state index in [1.807, 2.05) is 6.92 Å². The second-order valence-electron chi connectivity index (χ2n) is 13.0. The second-order valence-corrected chi connectivity index (χ2v) is 14.0. The van der Waals surface area contributed by atoms with Crippen LogP contribution in [0.1, 0.15) is 78.5 Å². The average molecular weight is 712 g/mol. The molecule has 2 fully saturated rings. The van der Waals surface area contributed by atoms with E-state index < -0.39 is 18.0 Å². The van der Waals surface area contributed by atoms with E-state index in [4.69, 9.17) is 15.2 Å². The molecule has 1 aliphatic carbocycles. The molecular formula is C35H49N7O7S. The normalized spacial score (nSPS) is 17.2. The zero-order valence-corrected chi connectivity index (χ0v) is 29.6.